The smallest absolute Gasteiger partial charge is 0.387 e. The highest BCUT2D eigenvalue weighted by atomic mass is 32.1. The summed E-state index contributed by atoms with van der Waals surface area (Å²) in [5.41, 5.74) is 2.47. The first kappa shape index (κ1) is 19.5. The maximum atomic E-state index is 12.3. The standard InChI is InChI=1S/C22H18N4O3S/c27-20(11-13-26-22(28)29-21(25-26)19-8-4-14-30-19)24-18-7-3-5-16(15-18)9-10-17-6-1-2-12-23-17/h1-10,12,14-15H,11,13H2,(H,24,27). The van der Waals surface area contributed by atoms with Gasteiger partial charge in [0.15, 0.2) is 0 Å². The van der Waals surface area contributed by atoms with Crippen LogP contribution in [0.2, 0.25) is 0 Å². The van der Waals surface area contributed by atoms with E-state index in [0.717, 1.165) is 16.1 Å². The lowest BCUT2D eigenvalue weighted by atomic mass is 10.1. The van der Waals surface area contributed by atoms with Gasteiger partial charge in [0.05, 0.1) is 17.1 Å². The highest BCUT2D eigenvalue weighted by Gasteiger charge is 2.12. The molecule has 1 amide bonds. The monoisotopic (exact) mass is 418 g/mol. The number of amides is 1. The summed E-state index contributed by atoms with van der Waals surface area (Å²) in [5, 5.41) is 8.87. The molecular formula is C22H18N4O3S. The number of nitrogens with zero attached hydrogens (tertiary/aromatic N) is 3. The molecule has 0 aliphatic carbocycles. The van der Waals surface area contributed by atoms with E-state index < -0.39 is 5.76 Å². The third kappa shape index (κ3) is 4.98. The van der Waals surface area contributed by atoms with Crippen LogP contribution in [0, 0.1) is 0 Å². The van der Waals surface area contributed by atoms with Gasteiger partial charge in [-0.15, -0.1) is 16.4 Å². The second-order valence-corrected chi connectivity index (χ2v) is 7.33. The number of anilines is 1. The van der Waals surface area contributed by atoms with Gasteiger partial charge in [-0.25, -0.2) is 4.79 Å². The molecule has 0 radical (unpaired) electrons. The van der Waals surface area contributed by atoms with Crippen LogP contribution in [0.25, 0.3) is 22.9 Å². The number of hydrogen-bond donors (Lipinski definition) is 1. The van der Waals surface area contributed by atoms with Gasteiger partial charge >= 0.3 is 5.76 Å². The molecule has 1 aromatic carbocycles. The van der Waals surface area contributed by atoms with Crippen LogP contribution in [0.4, 0.5) is 5.69 Å². The molecule has 0 spiro atoms. The van der Waals surface area contributed by atoms with Gasteiger partial charge in [0.1, 0.15) is 0 Å². The Morgan fingerprint density at radius 3 is 2.87 bits per heavy atom. The van der Waals surface area contributed by atoms with Gasteiger partial charge < -0.3 is 9.73 Å². The molecule has 0 saturated carbocycles. The highest BCUT2D eigenvalue weighted by Crippen LogP contribution is 2.21. The van der Waals surface area contributed by atoms with Crippen molar-refractivity contribution in [2.24, 2.45) is 0 Å². The minimum absolute atomic E-state index is 0.102. The van der Waals surface area contributed by atoms with E-state index in [0.29, 0.717) is 5.69 Å². The minimum Gasteiger partial charge on any atom is -0.387 e. The molecule has 7 nitrogen and oxygen atoms in total. The molecule has 3 heterocycles. The Morgan fingerprint density at radius 1 is 1.13 bits per heavy atom. The van der Waals surface area contributed by atoms with Crippen molar-refractivity contribution in [3.05, 3.63) is 88.0 Å². The normalized spacial score (nSPS) is 11.1. The van der Waals surface area contributed by atoms with E-state index in [9.17, 15) is 9.59 Å². The lowest BCUT2D eigenvalue weighted by Gasteiger charge is -2.06. The maximum Gasteiger partial charge on any atom is 0.437 e. The molecule has 0 unspecified atom stereocenters. The zero-order valence-corrected chi connectivity index (χ0v) is 16.7. The zero-order valence-electron chi connectivity index (χ0n) is 15.9. The largest absolute Gasteiger partial charge is 0.437 e. The third-order valence-corrected chi connectivity index (χ3v) is 5.05. The van der Waals surface area contributed by atoms with E-state index in [1.165, 1.54) is 16.0 Å². The van der Waals surface area contributed by atoms with Crippen LogP contribution in [-0.2, 0) is 11.3 Å². The van der Waals surface area contributed by atoms with Gasteiger partial charge in [0, 0.05) is 18.3 Å². The van der Waals surface area contributed by atoms with Crippen LogP contribution in [0.15, 0.2) is 75.4 Å². The lowest BCUT2D eigenvalue weighted by Crippen LogP contribution is -2.20. The van der Waals surface area contributed by atoms with Crippen molar-refractivity contribution in [1.29, 1.82) is 0 Å². The van der Waals surface area contributed by atoms with Crippen molar-refractivity contribution in [3.63, 3.8) is 0 Å². The molecule has 0 bridgehead atoms. The molecule has 4 aromatic rings. The van der Waals surface area contributed by atoms with E-state index in [4.69, 9.17) is 4.42 Å². The van der Waals surface area contributed by atoms with Crippen molar-refractivity contribution < 1.29 is 9.21 Å². The number of carbonyl (C=O) groups is 1. The van der Waals surface area contributed by atoms with Gasteiger partial charge in [0.2, 0.25) is 5.91 Å². The molecule has 3 aromatic heterocycles. The Kier molecular flexibility index (Phi) is 5.95. The molecule has 0 atom stereocenters. The molecule has 30 heavy (non-hydrogen) atoms. The number of rotatable bonds is 7. The number of nitrogens with one attached hydrogen (secondary N) is 1. The van der Waals surface area contributed by atoms with E-state index in [2.05, 4.69) is 15.4 Å². The van der Waals surface area contributed by atoms with Crippen molar-refractivity contribution in [3.8, 4) is 10.8 Å². The molecule has 0 aliphatic rings. The molecule has 8 heteroatoms. The number of hydrogen-bond acceptors (Lipinski definition) is 6. The van der Waals surface area contributed by atoms with Gasteiger partial charge in [-0.3, -0.25) is 9.78 Å². The highest BCUT2D eigenvalue weighted by molar-refractivity contribution is 7.13. The van der Waals surface area contributed by atoms with Crippen LogP contribution in [-0.4, -0.2) is 20.7 Å². The summed E-state index contributed by atoms with van der Waals surface area (Å²) < 4.78 is 6.32. The van der Waals surface area contributed by atoms with Crippen molar-refractivity contribution >= 4 is 35.1 Å². The number of pyridine rings is 1. The molecule has 4 rings (SSSR count). The molecule has 150 valence electrons. The summed E-state index contributed by atoms with van der Waals surface area (Å²) in [7, 11) is 0. The van der Waals surface area contributed by atoms with Crippen molar-refractivity contribution in [1.82, 2.24) is 14.8 Å². The first-order valence-corrected chi connectivity index (χ1v) is 10.2. The first-order valence-electron chi connectivity index (χ1n) is 9.28. The average molecular weight is 418 g/mol. The summed E-state index contributed by atoms with van der Waals surface area (Å²) in [6.45, 7) is 0.138. The van der Waals surface area contributed by atoms with E-state index in [1.54, 1.807) is 6.20 Å². The second kappa shape index (κ2) is 9.15. The summed E-state index contributed by atoms with van der Waals surface area (Å²) in [4.78, 5) is 29.3. The maximum absolute atomic E-state index is 12.3. The zero-order chi connectivity index (χ0) is 20.8. The molecule has 1 N–H and O–H groups in total. The predicted octanol–water partition coefficient (Wildman–Crippen LogP) is 4.16. The van der Waals surface area contributed by atoms with Gasteiger partial charge in [-0.1, -0.05) is 30.3 Å². The Balaban J connectivity index is 1.35. The van der Waals surface area contributed by atoms with E-state index in [-0.39, 0.29) is 24.8 Å². The number of thiophene rings is 1. The lowest BCUT2D eigenvalue weighted by molar-refractivity contribution is -0.116. The summed E-state index contributed by atoms with van der Waals surface area (Å²) in [6.07, 6.45) is 5.67. The number of benzene rings is 1. The fourth-order valence-electron chi connectivity index (χ4n) is 2.75. The summed E-state index contributed by atoms with van der Waals surface area (Å²) >= 11 is 1.43. The van der Waals surface area contributed by atoms with Crippen LogP contribution in [0.3, 0.4) is 0 Å². The number of aryl methyl sites for hydroxylation is 1. The van der Waals surface area contributed by atoms with E-state index >= 15 is 0 Å². The third-order valence-electron chi connectivity index (χ3n) is 4.19. The topological polar surface area (TPSA) is 90.0 Å². The number of aromatic nitrogens is 3. The van der Waals surface area contributed by atoms with Gasteiger partial charge in [-0.2, -0.15) is 4.68 Å². The fraction of sp³-hybridized carbons (Fsp3) is 0.0909. The van der Waals surface area contributed by atoms with Crippen molar-refractivity contribution in [2.45, 2.75) is 13.0 Å². The Labute approximate surface area is 176 Å². The van der Waals surface area contributed by atoms with Crippen LogP contribution < -0.4 is 11.1 Å². The minimum atomic E-state index is -0.576. The molecule has 0 saturated heterocycles. The predicted molar refractivity (Wildman–Crippen MR) is 117 cm³/mol. The summed E-state index contributed by atoms with van der Waals surface area (Å²) in [5.74, 6) is -0.524. The van der Waals surface area contributed by atoms with Crippen LogP contribution in [0.1, 0.15) is 17.7 Å². The van der Waals surface area contributed by atoms with E-state index in [1.807, 2.05) is 72.1 Å². The molecular weight excluding hydrogens is 400 g/mol. The first-order chi connectivity index (χ1) is 14.7. The quantitative estimate of drug-likeness (QED) is 0.487. The second-order valence-electron chi connectivity index (χ2n) is 6.39. The Bertz CT molecular complexity index is 1210. The Morgan fingerprint density at radius 2 is 2.07 bits per heavy atom. The molecule has 0 fully saturated rings. The fourth-order valence-corrected chi connectivity index (χ4v) is 3.40. The summed E-state index contributed by atoms with van der Waals surface area (Å²) in [6, 6.07) is 16.9. The molecule has 0 aliphatic heterocycles. The SMILES string of the molecule is O=C(CCn1nc(-c2cccs2)oc1=O)Nc1cccc(C=Cc2ccccn2)c1. The van der Waals surface area contributed by atoms with Crippen LogP contribution >= 0.6 is 11.3 Å². The van der Waals surface area contributed by atoms with Crippen LogP contribution in [0.5, 0.6) is 0 Å². The number of carbonyl (C=O) groups excluding carboxylic acids is 1. The Hall–Kier alpha value is -3.78. The van der Waals surface area contributed by atoms with Gasteiger partial charge in [-0.05, 0) is 47.4 Å². The van der Waals surface area contributed by atoms with Crippen molar-refractivity contribution in [2.75, 3.05) is 5.32 Å². The average Bonchev–Trinajstić information content (AvgIpc) is 3.42. The van der Waals surface area contributed by atoms with Gasteiger partial charge in [0.25, 0.3) is 5.89 Å².